The molecule has 1 atom stereocenters. The third-order valence-electron chi connectivity index (χ3n) is 1.97. The largest absolute Gasteiger partial charge is 0.388 e. The van der Waals surface area contributed by atoms with Crippen LogP contribution in [-0.2, 0) is 6.42 Å². The highest BCUT2D eigenvalue weighted by atomic mass is 16.5. The highest BCUT2D eigenvalue weighted by molar-refractivity contribution is 4.95. The molecule has 0 saturated carbocycles. The van der Waals surface area contributed by atoms with Crippen LogP contribution in [0.25, 0.3) is 0 Å². The predicted molar refractivity (Wildman–Crippen MR) is 51.8 cm³/mol. The van der Waals surface area contributed by atoms with Crippen molar-refractivity contribution in [3.8, 4) is 0 Å². The minimum atomic E-state index is -0.971. The third-order valence-corrected chi connectivity index (χ3v) is 1.97. The first-order chi connectivity index (χ1) is 6.44. The lowest BCUT2D eigenvalue weighted by molar-refractivity contribution is 0.0610. The summed E-state index contributed by atoms with van der Waals surface area (Å²) in [7, 11) is 0. The minimum absolute atomic E-state index is 0.173. The number of aliphatic hydroxyl groups is 1. The number of nitrogens with zero attached hydrogens (tertiary/aromatic N) is 2. The molecule has 1 rings (SSSR count). The van der Waals surface area contributed by atoms with Crippen molar-refractivity contribution in [1.82, 2.24) is 10.1 Å². The Hall–Kier alpha value is -0.940. The lowest BCUT2D eigenvalue weighted by Gasteiger charge is -2.17. The summed E-state index contributed by atoms with van der Waals surface area (Å²) in [6, 6.07) is 0. The van der Waals surface area contributed by atoms with Gasteiger partial charge in [0.2, 0.25) is 5.89 Å². The van der Waals surface area contributed by atoms with Gasteiger partial charge in [0.05, 0.1) is 12.0 Å². The number of hydrogen-bond acceptors (Lipinski definition) is 5. The van der Waals surface area contributed by atoms with Crippen LogP contribution in [-0.4, -0.2) is 27.4 Å². The van der Waals surface area contributed by atoms with Gasteiger partial charge in [-0.15, -0.1) is 0 Å². The first-order valence-corrected chi connectivity index (χ1v) is 4.69. The predicted octanol–water partition coefficient (Wildman–Crippen LogP) is 0.445. The van der Waals surface area contributed by atoms with Crippen LogP contribution in [0, 0.1) is 0 Å². The Kier molecular flexibility index (Phi) is 3.23. The van der Waals surface area contributed by atoms with E-state index in [-0.39, 0.29) is 12.5 Å². The van der Waals surface area contributed by atoms with Crippen molar-refractivity contribution in [3.63, 3.8) is 0 Å². The summed E-state index contributed by atoms with van der Waals surface area (Å²) >= 11 is 0. The van der Waals surface area contributed by atoms with Gasteiger partial charge in [-0.1, -0.05) is 19.0 Å². The monoisotopic (exact) mass is 199 g/mol. The van der Waals surface area contributed by atoms with E-state index >= 15 is 0 Å². The lowest BCUT2D eigenvalue weighted by atomic mass is 10.0. The zero-order valence-corrected chi connectivity index (χ0v) is 8.82. The van der Waals surface area contributed by atoms with Crippen molar-refractivity contribution < 1.29 is 9.63 Å². The van der Waals surface area contributed by atoms with E-state index in [0.717, 1.165) is 0 Å². The van der Waals surface area contributed by atoms with Crippen molar-refractivity contribution in [2.24, 2.45) is 5.73 Å². The van der Waals surface area contributed by atoms with E-state index in [1.165, 1.54) is 0 Å². The first-order valence-electron chi connectivity index (χ1n) is 4.69. The highest BCUT2D eigenvalue weighted by Gasteiger charge is 2.22. The van der Waals surface area contributed by atoms with Crippen LogP contribution in [0.4, 0.5) is 0 Å². The van der Waals surface area contributed by atoms with E-state index in [2.05, 4.69) is 10.1 Å². The Morgan fingerprint density at radius 2 is 2.21 bits per heavy atom. The zero-order chi connectivity index (χ0) is 10.8. The average Bonchev–Trinajstić information content (AvgIpc) is 2.52. The normalized spacial score (nSPS) is 15.9. The Labute approximate surface area is 83.3 Å². The number of aromatic nitrogens is 2. The van der Waals surface area contributed by atoms with Gasteiger partial charge < -0.3 is 15.4 Å². The SMILES string of the molecule is CC(C)c1noc(CC(C)(O)CN)n1. The zero-order valence-electron chi connectivity index (χ0n) is 8.82. The molecule has 5 heteroatoms. The average molecular weight is 199 g/mol. The second-order valence-corrected chi connectivity index (χ2v) is 4.08. The number of hydrogen-bond donors (Lipinski definition) is 2. The molecule has 1 aromatic rings. The number of nitrogens with two attached hydrogens (primary N) is 1. The molecule has 0 radical (unpaired) electrons. The fourth-order valence-corrected chi connectivity index (χ4v) is 0.972. The van der Waals surface area contributed by atoms with Gasteiger partial charge in [0.1, 0.15) is 0 Å². The molecular weight excluding hydrogens is 182 g/mol. The van der Waals surface area contributed by atoms with Gasteiger partial charge in [-0.2, -0.15) is 4.98 Å². The van der Waals surface area contributed by atoms with Gasteiger partial charge in [-0.25, -0.2) is 0 Å². The van der Waals surface area contributed by atoms with Gasteiger partial charge in [0.25, 0.3) is 0 Å². The maximum Gasteiger partial charge on any atom is 0.229 e. The van der Waals surface area contributed by atoms with Crippen LogP contribution in [0.2, 0.25) is 0 Å². The molecule has 80 valence electrons. The Morgan fingerprint density at radius 1 is 1.57 bits per heavy atom. The van der Waals surface area contributed by atoms with Gasteiger partial charge >= 0.3 is 0 Å². The number of rotatable bonds is 4. The smallest absolute Gasteiger partial charge is 0.229 e. The third kappa shape index (κ3) is 2.78. The van der Waals surface area contributed by atoms with Crippen LogP contribution in [0.15, 0.2) is 4.52 Å². The van der Waals surface area contributed by atoms with E-state index in [1.54, 1.807) is 6.92 Å². The molecule has 1 aromatic heterocycles. The summed E-state index contributed by atoms with van der Waals surface area (Å²) in [5.74, 6) is 1.33. The summed E-state index contributed by atoms with van der Waals surface area (Å²) in [5, 5.41) is 13.5. The van der Waals surface area contributed by atoms with Crippen LogP contribution >= 0.6 is 0 Å². The summed E-state index contributed by atoms with van der Waals surface area (Å²) in [6.45, 7) is 5.78. The first kappa shape index (κ1) is 11.1. The highest BCUT2D eigenvalue weighted by Crippen LogP contribution is 2.14. The molecule has 14 heavy (non-hydrogen) atoms. The second kappa shape index (κ2) is 4.06. The second-order valence-electron chi connectivity index (χ2n) is 4.08. The summed E-state index contributed by atoms with van der Waals surface area (Å²) < 4.78 is 4.99. The topological polar surface area (TPSA) is 85.2 Å². The molecule has 0 aliphatic heterocycles. The van der Waals surface area contributed by atoms with E-state index < -0.39 is 5.60 Å². The van der Waals surface area contributed by atoms with Crippen molar-refractivity contribution >= 4 is 0 Å². The Balaban J connectivity index is 2.69. The van der Waals surface area contributed by atoms with E-state index in [4.69, 9.17) is 10.3 Å². The molecule has 0 saturated heterocycles. The van der Waals surface area contributed by atoms with Crippen molar-refractivity contribution in [3.05, 3.63) is 11.7 Å². The molecule has 1 unspecified atom stereocenters. The molecule has 0 aliphatic rings. The molecule has 0 amide bonds. The summed E-state index contributed by atoms with van der Waals surface area (Å²) in [4.78, 5) is 4.15. The molecule has 3 N–H and O–H groups in total. The molecule has 5 nitrogen and oxygen atoms in total. The molecule has 0 aromatic carbocycles. The Bertz CT molecular complexity index is 294. The van der Waals surface area contributed by atoms with E-state index in [1.807, 2.05) is 13.8 Å². The van der Waals surface area contributed by atoms with Crippen LogP contribution in [0.1, 0.15) is 38.4 Å². The van der Waals surface area contributed by atoms with Crippen molar-refractivity contribution in [2.75, 3.05) is 6.54 Å². The molecule has 0 spiro atoms. The fraction of sp³-hybridized carbons (Fsp3) is 0.778. The minimum Gasteiger partial charge on any atom is -0.388 e. The molecular formula is C9H17N3O2. The molecule has 0 aliphatic carbocycles. The van der Waals surface area contributed by atoms with E-state index in [9.17, 15) is 5.11 Å². The quantitative estimate of drug-likeness (QED) is 0.735. The van der Waals surface area contributed by atoms with Crippen LogP contribution < -0.4 is 5.73 Å². The van der Waals surface area contributed by atoms with Gasteiger partial charge in [-0.3, -0.25) is 0 Å². The lowest BCUT2D eigenvalue weighted by Crippen LogP contribution is -2.36. The van der Waals surface area contributed by atoms with Crippen LogP contribution in [0.3, 0.4) is 0 Å². The van der Waals surface area contributed by atoms with Crippen LogP contribution in [0.5, 0.6) is 0 Å². The summed E-state index contributed by atoms with van der Waals surface area (Å²) in [5.41, 5.74) is 4.41. The fourth-order valence-electron chi connectivity index (χ4n) is 0.972. The van der Waals surface area contributed by atoms with Gasteiger partial charge in [-0.05, 0) is 6.92 Å². The van der Waals surface area contributed by atoms with Gasteiger partial charge in [0.15, 0.2) is 5.82 Å². The maximum atomic E-state index is 9.67. The van der Waals surface area contributed by atoms with E-state index in [0.29, 0.717) is 18.1 Å². The molecule has 0 fully saturated rings. The van der Waals surface area contributed by atoms with Crippen molar-refractivity contribution in [2.45, 2.75) is 38.7 Å². The molecule has 0 bridgehead atoms. The summed E-state index contributed by atoms with van der Waals surface area (Å²) in [6.07, 6.45) is 0.295. The Morgan fingerprint density at radius 3 is 2.64 bits per heavy atom. The maximum absolute atomic E-state index is 9.67. The standard InChI is InChI=1S/C9H17N3O2/c1-6(2)8-11-7(14-12-8)4-9(3,13)5-10/h6,13H,4-5,10H2,1-3H3. The van der Waals surface area contributed by atoms with Crippen molar-refractivity contribution in [1.29, 1.82) is 0 Å². The molecule has 1 heterocycles. The van der Waals surface area contributed by atoms with Gasteiger partial charge in [0, 0.05) is 12.5 Å².